The molecule has 0 saturated heterocycles. The molecule has 0 saturated carbocycles. The third-order valence-corrected chi connectivity index (χ3v) is 13.3. The quantitative estimate of drug-likeness (QED) is 0.167. The SMILES string of the molecule is C1=C(c2ccc3c(c2)c2ccccc2n3-c2ccccc2)CCc2c1c1c3ccccc3ccc1n2-c1nc(-c2ccccc2)c2c3ccccc3c3nc4ccccc4n3c2n1. The van der Waals surface area contributed by atoms with Gasteiger partial charge in [0.15, 0.2) is 5.65 Å². The first-order valence-electron chi connectivity index (χ1n) is 21.7. The molecular formula is C57H36N6. The molecule has 0 radical (unpaired) electrons. The summed E-state index contributed by atoms with van der Waals surface area (Å²) in [7, 11) is 0. The number of imidazole rings is 1. The lowest BCUT2D eigenvalue weighted by Gasteiger charge is -2.19. The maximum absolute atomic E-state index is 5.66. The minimum atomic E-state index is 0.657. The van der Waals surface area contributed by atoms with E-state index in [4.69, 9.17) is 15.0 Å². The Morgan fingerprint density at radius 3 is 1.95 bits per heavy atom. The molecule has 1 aliphatic rings. The summed E-state index contributed by atoms with van der Waals surface area (Å²) in [5, 5.41) is 9.35. The zero-order valence-corrected chi connectivity index (χ0v) is 34.1. The fourth-order valence-electron chi connectivity index (χ4n) is 10.6. The number of nitrogens with zero attached hydrogens (tertiary/aromatic N) is 6. The Kier molecular flexibility index (Phi) is 7.13. The van der Waals surface area contributed by atoms with Crippen LogP contribution in [-0.4, -0.2) is 28.5 Å². The van der Waals surface area contributed by atoms with E-state index in [0.717, 1.165) is 68.1 Å². The average molecular weight is 805 g/mol. The van der Waals surface area contributed by atoms with Crippen molar-refractivity contribution in [1.29, 1.82) is 0 Å². The zero-order valence-electron chi connectivity index (χ0n) is 34.1. The van der Waals surface area contributed by atoms with Crippen LogP contribution in [0.1, 0.15) is 23.2 Å². The van der Waals surface area contributed by atoms with Gasteiger partial charge in [-0.3, -0.25) is 8.97 Å². The summed E-state index contributed by atoms with van der Waals surface area (Å²) in [6, 6.07) is 67.3. The first-order chi connectivity index (χ1) is 31.3. The van der Waals surface area contributed by atoms with E-state index in [9.17, 15) is 0 Å². The number of benzene rings is 8. The lowest BCUT2D eigenvalue weighted by Crippen LogP contribution is -2.10. The summed E-state index contributed by atoms with van der Waals surface area (Å²) >= 11 is 0. The van der Waals surface area contributed by atoms with Gasteiger partial charge in [-0.25, -0.2) is 9.97 Å². The van der Waals surface area contributed by atoms with Crippen molar-refractivity contribution < 1.29 is 0 Å². The van der Waals surface area contributed by atoms with Crippen LogP contribution >= 0.6 is 0 Å². The highest BCUT2D eigenvalue weighted by atomic mass is 15.2. The van der Waals surface area contributed by atoms with E-state index < -0.39 is 0 Å². The minimum Gasteiger partial charge on any atom is -0.309 e. The molecule has 6 nitrogen and oxygen atoms in total. The topological polar surface area (TPSA) is 52.9 Å². The van der Waals surface area contributed by atoms with E-state index in [0.29, 0.717) is 5.95 Å². The Morgan fingerprint density at radius 2 is 1.10 bits per heavy atom. The molecule has 13 aromatic rings. The molecule has 0 aliphatic heterocycles. The van der Waals surface area contributed by atoms with E-state index in [1.807, 2.05) is 0 Å². The summed E-state index contributed by atoms with van der Waals surface area (Å²) in [6.07, 6.45) is 4.16. The second-order valence-corrected chi connectivity index (χ2v) is 16.7. The number of pyridine rings is 1. The normalized spacial score (nSPS) is 13.0. The van der Waals surface area contributed by atoms with Crippen LogP contribution in [0.15, 0.2) is 188 Å². The van der Waals surface area contributed by atoms with Crippen LogP contribution in [0.2, 0.25) is 0 Å². The highest BCUT2D eigenvalue weighted by Crippen LogP contribution is 2.44. The summed E-state index contributed by atoms with van der Waals surface area (Å²) in [6.45, 7) is 0. The van der Waals surface area contributed by atoms with Crippen molar-refractivity contribution >= 4 is 93.6 Å². The van der Waals surface area contributed by atoms with Gasteiger partial charge in [-0.1, -0.05) is 140 Å². The molecule has 0 unspecified atom stereocenters. The van der Waals surface area contributed by atoms with Crippen molar-refractivity contribution in [1.82, 2.24) is 28.5 Å². The lowest BCUT2D eigenvalue weighted by molar-refractivity contribution is 0.857. The van der Waals surface area contributed by atoms with Crippen molar-refractivity contribution in [2.75, 3.05) is 0 Å². The van der Waals surface area contributed by atoms with E-state index in [1.54, 1.807) is 0 Å². The van der Waals surface area contributed by atoms with Crippen molar-refractivity contribution in [2.45, 2.75) is 12.8 Å². The van der Waals surface area contributed by atoms with E-state index in [-0.39, 0.29) is 0 Å². The molecule has 8 aromatic carbocycles. The molecule has 14 rings (SSSR count). The smallest absolute Gasteiger partial charge is 0.237 e. The van der Waals surface area contributed by atoms with Crippen LogP contribution in [0.5, 0.6) is 0 Å². The second kappa shape index (κ2) is 13.1. The minimum absolute atomic E-state index is 0.657. The predicted octanol–water partition coefficient (Wildman–Crippen LogP) is 13.9. The van der Waals surface area contributed by atoms with Crippen LogP contribution in [0, 0.1) is 0 Å². The third kappa shape index (κ3) is 4.91. The molecule has 1 aliphatic carbocycles. The number of rotatable bonds is 4. The van der Waals surface area contributed by atoms with Gasteiger partial charge in [0, 0.05) is 44.1 Å². The van der Waals surface area contributed by atoms with Gasteiger partial charge in [0.1, 0.15) is 5.65 Å². The second-order valence-electron chi connectivity index (χ2n) is 16.7. The molecule has 0 spiro atoms. The van der Waals surface area contributed by atoms with E-state index in [1.165, 1.54) is 66.0 Å². The van der Waals surface area contributed by atoms with Gasteiger partial charge in [-0.05, 0) is 94.7 Å². The fraction of sp³-hybridized carbons (Fsp3) is 0.0351. The molecule has 0 amide bonds. The Balaban J connectivity index is 1.06. The van der Waals surface area contributed by atoms with E-state index >= 15 is 0 Å². The number of hydrogen-bond acceptors (Lipinski definition) is 3. The van der Waals surface area contributed by atoms with Gasteiger partial charge in [-0.15, -0.1) is 0 Å². The largest absolute Gasteiger partial charge is 0.309 e. The highest BCUT2D eigenvalue weighted by molar-refractivity contribution is 6.18. The Labute approximate surface area is 361 Å². The van der Waals surface area contributed by atoms with Crippen LogP contribution in [0.3, 0.4) is 0 Å². The monoisotopic (exact) mass is 804 g/mol. The Hall–Kier alpha value is -8.35. The van der Waals surface area contributed by atoms with E-state index in [2.05, 4.69) is 208 Å². The van der Waals surface area contributed by atoms with Gasteiger partial charge in [0.25, 0.3) is 0 Å². The van der Waals surface area contributed by atoms with Gasteiger partial charge in [0.05, 0.1) is 38.7 Å². The van der Waals surface area contributed by atoms with Crippen LogP contribution in [-0.2, 0) is 6.42 Å². The molecule has 294 valence electrons. The molecule has 6 heteroatoms. The van der Waals surface area contributed by atoms with Crippen LogP contribution in [0.25, 0.3) is 117 Å². The zero-order chi connectivity index (χ0) is 41.2. The fourth-order valence-corrected chi connectivity index (χ4v) is 10.6. The first kappa shape index (κ1) is 34.4. The van der Waals surface area contributed by atoms with Crippen molar-refractivity contribution in [3.63, 3.8) is 0 Å². The average Bonchev–Trinajstić information content (AvgIpc) is 4.02. The molecule has 5 aromatic heterocycles. The lowest BCUT2D eigenvalue weighted by atomic mass is 9.90. The number of fused-ring (bicyclic) bond motifs is 16. The number of allylic oxidation sites excluding steroid dienone is 1. The molecule has 0 bridgehead atoms. The predicted molar refractivity (Wildman–Crippen MR) is 260 cm³/mol. The molecular weight excluding hydrogens is 769 g/mol. The summed E-state index contributed by atoms with van der Waals surface area (Å²) in [4.78, 5) is 16.5. The maximum Gasteiger partial charge on any atom is 0.237 e. The number of para-hydroxylation sites is 4. The Morgan fingerprint density at radius 1 is 0.413 bits per heavy atom. The van der Waals surface area contributed by atoms with Gasteiger partial charge < -0.3 is 4.57 Å². The van der Waals surface area contributed by atoms with Crippen LogP contribution in [0.4, 0.5) is 0 Å². The van der Waals surface area contributed by atoms with Crippen molar-refractivity contribution in [3.05, 3.63) is 205 Å². The van der Waals surface area contributed by atoms with Gasteiger partial charge >= 0.3 is 0 Å². The Bertz CT molecular complexity index is 4080. The number of aromatic nitrogens is 6. The van der Waals surface area contributed by atoms with Crippen molar-refractivity contribution in [2.24, 2.45) is 0 Å². The van der Waals surface area contributed by atoms with Gasteiger partial charge in [0.2, 0.25) is 5.95 Å². The van der Waals surface area contributed by atoms with Gasteiger partial charge in [-0.2, -0.15) is 4.98 Å². The standard InChI is InChI=1S/C57H36N6/c1-3-16-36(17-4-1)54-53-42-22-9-10-23-43(42)55-58-46-24-12-14-26-50(46)63(55)56(53)60-57(59-54)62-49-31-29-38(34-45(49)52-40-20-8-7-15-35(40)27-32-51(52)62)37-28-30-48-44(33-37)41-21-11-13-25-47(41)61(48)39-18-5-2-6-19-39/h1-28,30,32-34H,29,31H2. The highest BCUT2D eigenvalue weighted by Gasteiger charge is 2.27. The summed E-state index contributed by atoms with van der Waals surface area (Å²) < 4.78 is 6.99. The third-order valence-electron chi connectivity index (χ3n) is 13.3. The summed E-state index contributed by atoms with van der Waals surface area (Å²) in [5.41, 5.74) is 15.4. The molecule has 0 N–H and O–H groups in total. The van der Waals surface area contributed by atoms with Crippen molar-refractivity contribution in [3.8, 4) is 22.9 Å². The first-order valence-corrected chi connectivity index (χ1v) is 21.7. The van der Waals surface area contributed by atoms with Crippen LogP contribution < -0.4 is 0 Å². The molecule has 63 heavy (non-hydrogen) atoms. The number of hydrogen-bond donors (Lipinski definition) is 0. The molecule has 5 heterocycles. The molecule has 0 atom stereocenters. The maximum atomic E-state index is 5.66. The summed E-state index contributed by atoms with van der Waals surface area (Å²) in [5.74, 6) is 0.657. The molecule has 0 fully saturated rings.